The Morgan fingerprint density at radius 1 is 1.75 bits per heavy atom. The Balaban J connectivity index is 2.13. The first-order chi connectivity index (χ1) is 5.77. The minimum Gasteiger partial charge on any atom is -0.328 e. The van der Waals surface area contributed by atoms with Gasteiger partial charge in [0.1, 0.15) is 12.2 Å². The van der Waals surface area contributed by atoms with Crippen molar-refractivity contribution < 1.29 is 0 Å². The number of rotatable bonds is 3. The van der Waals surface area contributed by atoms with Gasteiger partial charge >= 0.3 is 0 Å². The highest BCUT2D eigenvalue weighted by Crippen LogP contribution is 2.35. The van der Waals surface area contributed by atoms with Crippen LogP contribution >= 0.6 is 0 Å². The average molecular weight is 166 g/mol. The fourth-order valence-electron chi connectivity index (χ4n) is 1.36. The van der Waals surface area contributed by atoms with E-state index in [1.54, 1.807) is 0 Å². The second-order valence-electron chi connectivity index (χ2n) is 3.57. The lowest BCUT2D eigenvalue weighted by Gasteiger charge is -2.05. The van der Waals surface area contributed by atoms with Crippen LogP contribution in [-0.2, 0) is 6.42 Å². The number of aromatic nitrogens is 3. The van der Waals surface area contributed by atoms with E-state index in [0.717, 1.165) is 12.2 Å². The van der Waals surface area contributed by atoms with Gasteiger partial charge in [0.2, 0.25) is 0 Å². The van der Waals surface area contributed by atoms with Crippen LogP contribution in [0.15, 0.2) is 6.33 Å². The molecule has 1 aromatic rings. The smallest absolute Gasteiger partial charge is 0.134 e. The van der Waals surface area contributed by atoms with E-state index in [0.29, 0.717) is 6.04 Å². The van der Waals surface area contributed by atoms with Crippen LogP contribution < -0.4 is 5.73 Å². The normalized spacial score (nSPS) is 19.5. The molecule has 4 heteroatoms. The minimum absolute atomic E-state index is 0.173. The van der Waals surface area contributed by atoms with Crippen molar-refractivity contribution in [3.8, 4) is 0 Å². The van der Waals surface area contributed by atoms with Crippen molar-refractivity contribution in [1.29, 1.82) is 0 Å². The molecule has 1 fully saturated rings. The van der Waals surface area contributed by atoms with E-state index in [9.17, 15) is 0 Å². The van der Waals surface area contributed by atoms with Gasteiger partial charge in [0.15, 0.2) is 0 Å². The molecule has 0 bridgehead atoms. The summed E-state index contributed by atoms with van der Waals surface area (Å²) < 4.78 is 2.16. The van der Waals surface area contributed by atoms with Crippen LogP contribution in [-0.4, -0.2) is 20.8 Å². The van der Waals surface area contributed by atoms with Crippen LogP contribution in [0.3, 0.4) is 0 Å². The van der Waals surface area contributed by atoms with Crippen molar-refractivity contribution in [1.82, 2.24) is 14.8 Å². The van der Waals surface area contributed by atoms with Gasteiger partial charge in [0.05, 0.1) is 0 Å². The van der Waals surface area contributed by atoms with Crippen molar-refractivity contribution in [2.75, 3.05) is 0 Å². The fraction of sp³-hybridized carbons (Fsp3) is 0.750. The fourth-order valence-corrected chi connectivity index (χ4v) is 1.36. The number of hydrogen-bond acceptors (Lipinski definition) is 3. The zero-order valence-electron chi connectivity index (χ0n) is 7.27. The molecule has 1 atom stereocenters. The van der Waals surface area contributed by atoms with Gasteiger partial charge in [-0.1, -0.05) is 0 Å². The van der Waals surface area contributed by atoms with E-state index < -0.39 is 0 Å². The average Bonchev–Trinajstić information content (AvgIpc) is 2.73. The van der Waals surface area contributed by atoms with Gasteiger partial charge in [-0.05, 0) is 19.8 Å². The Morgan fingerprint density at radius 3 is 3.08 bits per heavy atom. The van der Waals surface area contributed by atoms with Gasteiger partial charge in [0, 0.05) is 18.5 Å². The molecule has 1 saturated carbocycles. The molecular formula is C8H14N4. The van der Waals surface area contributed by atoms with Crippen molar-refractivity contribution in [3.05, 3.63) is 12.2 Å². The van der Waals surface area contributed by atoms with E-state index >= 15 is 0 Å². The molecule has 4 nitrogen and oxygen atoms in total. The first-order valence-corrected chi connectivity index (χ1v) is 4.41. The largest absolute Gasteiger partial charge is 0.328 e. The van der Waals surface area contributed by atoms with Crippen LogP contribution in [0.25, 0.3) is 0 Å². The Labute approximate surface area is 71.8 Å². The first-order valence-electron chi connectivity index (χ1n) is 4.41. The van der Waals surface area contributed by atoms with E-state index in [1.807, 2.05) is 13.3 Å². The van der Waals surface area contributed by atoms with Crippen molar-refractivity contribution >= 4 is 0 Å². The maximum atomic E-state index is 5.69. The Bertz CT molecular complexity index is 262. The predicted molar refractivity (Wildman–Crippen MR) is 45.6 cm³/mol. The summed E-state index contributed by atoms with van der Waals surface area (Å²) in [5.74, 6) is 1.03. The molecule has 0 amide bonds. The highest BCUT2D eigenvalue weighted by Gasteiger charge is 2.25. The molecule has 1 aliphatic rings. The quantitative estimate of drug-likeness (QED) is 0.711. The molecular weight excluding hydrogens is 152 g/mol. The lowest BCUT2D eigenvalue weighted by molar-refractivity contribution is 0.627. The molecule has 1 heterocycles. The molecule has 2 rings (SSSR count). The Kier molecular flexibility index (Phi) is 1.84. The number of hydrogen-bond donors (Lipinski definition) is 1. The number of nitrogens with two attached hydrogens (primary N) is 1. The highest BCUT2D eigenvalue weighted by atomic mass is 15.3. The topological polar surface area (TPSA) is 56.7 Å². The first kappa shape index (κ1) is 7.73. The van der Waals surface area contributed by atoms with E-state index in [4.69, 9.17) is 5.73 Å². The molecule has 66 valence electrons. The summed E-state index contributed by atoms with van der Waals surface area (Å²) >= 11 is 0. The maximum absolute atomic E-state index is 5.69. The van der Waals surface area contributed by atoms with E-state index in [-0.39, 0.29) is 6.04 Å². The summed E-state index contributed by atoms with van der Waals surface area (Å²) in [7, 11) is 0. The summed E-state index contributed by atoms with van der Waals surface area (Å²) in [5.41, 5.74) is 5.69. The van der Waals surface area contributed by atoms with Crippen LogP contribution in [0.2, 0.25) is 0 Å². The molecule has 0 aromatic carbocycles. The summed E-state index contributed by atoms with van der Waals surface area (Å²) in [6.07, 6.45) is 5.18. The summed E-state index contributed by atoms with van der Waals surface area (Å²) in [6.45, 7) is 1.99. The summed E-state index contributed by atoms with van der Waals surface area (Å²) in [4.78, 5) is 0. The molecule has 0 aliphatic heterocycles. The predicted octanol–water partition coefficient (Wildman–Crippen LogP) is 0.503. The second kappa shape index (κ2) is 2.86. The van der Waals surface area contributed by atoms with Crippen LogP contribution in [0.4, 0.5) is 0 Å². The van der Waals surface area contributed by atoms with Gasteiger partial charge in [-0.25, -0.2) is 0 Å². The van der Waals surface area contributed by atoms with Crippen molar-refractivity contribution in [2.24, 2.45) is 5.73 Å². The monoisotopic (exact) mass is 166 g/mol. The van der Waals surface area contributed by atoms with Crippen LogP contribution in [0.1, 0.15) is 31.6 Å². The molecule has 1 aromatic heterocycles. The van der Waals surface area contributed by atoms with E-state index in [1.165, 1.54) is 12.8 Å². The molecule has 12 heavy (non-hydrogen) atoms. The minimum atomic E-state index is 0.173. The zero-order chi connectivity index (χ0) is 8.55. The molecule has 1 unspecified atom stereocenters. The lowest BCUT2D eigenvalue weighted by atomic mass is 10.2. The summed E-state index contributed by atoms with van der Waals surface area (Å²) in [5, 5.41) is 7.94. The van der Waals surface area contributed by atoms with Crippen LogP contribution in [0, 0.1) is 0 Å². The standard InChI is InChI=1S/C8H14N4/c1-6(9)4-8-11-10-5-12(8)7-2-3-7/h5-7H,2-4,9H2,1H3. The van der Waals surface area contributed by atoms with Gasteiger partial charge in [-0.3, -0.25) is 0 Å². The zero-order valence-corrected chi connectivity index (χ0v) is 7.27. The second-order valence-corrected chi connectivity index (χ2v) is 3.57. The molecule has 1 aliphatic carbocycles. The SMILES string of the molecule is CC(N)Cc1nncn1C1CC1. The highest BCUT2D eigenvalue weighted by molar-refractivity contribution is 4.96. The van der Waals surface area contributed by atoms with E-state index in [2.05, 4.69) is 14.8 Å². The summed E-state index contributed by atoms with van der Waals surface area (Å²) in [6, 6.07) is 0.834. The molecule has 0 radical (unpaired) electrons. The van der Waals surface area contributed by atoms with Crippen molar-refractivity contribution in [3.63, 3.8) is 0 Å². The lowest BCUT2D eigenvalue weighted by Crippen LogP contribution is -2.20. The third kappa shape index (κ3) is 1.48. The van der Waals surface area contributed by atoms with Crippen molar-refractivity contribution in [2.45, 2.75) is 38.3 Å². The third-order valence-corrected chi connectivity index (χ3v) is 2.09. The van der Waals surface area contributed by atoms with Gasteiger partial charge in [-0.15, -0.1) is 10.2 Å². The Hall–Kier alpha value is -0.900. The third-order valence-electron chi connectivity index (χ3n) is 2.09. The molecule has 2 N–H and O–H groups in total. The van der Waals surface area contributed by atoms with Gasteiger partial charge in [0.25, 0.3) is 0 Å². The van der Waals surface area contributed by atoms with Gasteiger partial charge in [-0.2, -0.15) is 0 Å². The van der Waals surface area contributed by atoms with Gasteiger partial charge < -0.3 is 10.3 Å². The van der Waals surface area contributed by atoms with Crippen LogP contribution in [0.5, 0.6) is 0 Å². The molecule has 0 spiro atoms. The maximum Gasteiger partial charge on any atom is 0.134 e. The molecule has 0 saturated heterocycles. The number of nitrogens with zero attached hydrogens (tertiary/aromatic N) is 3. The Morgan fingerprint density at radius 2 is 2.50 bits per heavy atom.